The molecule has 0 amide bonds. The predicted octanol–water partition coefficient (Wildman–Crippen LogP) is 3.34. The van der Waals surface area contributed by atoms with Gasteiger partial charge < -0.3 is 10.8 Å². The lowest BCUT2D eigenvalue weighted by atomic mass is 10.1. The number of benzene rings is 2. The van der Waals surface area contributed by atoms with Crippen LogP contribution in [-0.4, -0.2) is 5.11 Å². The maximum Gasteiger partial charge on any atom is 0.147 e. The summed E-state index contributed by atoms with van der Waals surface area (Å²) in [6.45, 7) is 0. The molecule has 0 spiro atoms. The molecule has 3 aromatic rings. The molecule has 0 unspecified atom stereocenters. The van der Waals surface area contributed by atoms with E-state index in [0.29, 0.717) is 5.69 Å². The molecule has 2 aromatic carbocycles. The van der Waals surface area contributed by atoms with Crippen molar-refractivity contribution in [3.63, 3.8) is 0 Å². The van der Waals surface area contributed by atoms with E-state index in [1.807, 2.05) is 24.3 Å². The first-order valence-corrected chi connectivity index (χ1v) is 5.48. The highest BCUT2D eigenvalue weighted by molar-refractivity contribution is 7.25. The number of rotatable bonds is 0. The summed E-state index contributed by atoms with van der Waals surface area (Å²) in [5.41, 5.74) is 6.13. The maximum absolute atomic E-state index is 9.93. The summed E-state index contributed by atoms with van der Waals surface area (Å²) in [5.74, 6) is 0.199. The van der Waals surface area contributed by atoms with E-state index < -0.39 is 0 Å². The standard InChI is InChI=1S/C12H9NOS/c13-8-5-6-10-11(12(8)14)7-3-1-2-4-9(7)15-10/h1-6,14H,13H2. The molecule has 0 fully saturated rings. The summed E-state index contributed by atoms with van der Waals surface area (Å²) in [7, 11) is 0. The van der Waals surface area contributed by atoms with E-state index in [-0.39, 0.29) is 5.75 Å². The van der Waals surface area contributed by atoms with Crippen molar-refractivity contribution in [3.05, 3.63) is 36.4 Å². The Bertz CT molecular complexity index is 657. The molecule has 15 heavy (non-hydrogen) atoms. The van der Waals surface area contributed by atoms with Crippen molar-refractivity contribution in [1.29, 1.82) is 0 Å². The monoisotopic (exact) mass is 215 g/mol. The van der Waals surface area contributed by atoms with Crippen LogP contribution in [0, 0.1) is 0 Å². The minimum absolute atomic E-state index is 0.199. The number of thiophene rings is 1. The number of anilines is 1. The van der Waals surface area contributed by atoms with Crippen LogP contribution in [0.2, 0.25) is 0 Å². The highest BCUT2D eigenvalue weighted by Crippen LogP contribution is 2.41. The first-order valence-electron chi connectivity index (χ1n) is 4.66. The van der Waals surface area contributed by atoms with E-state index in [9.17, 15) is 5.11 Å². The fraction of sp³-hybridized carbons (Fsp3) is 0. The molecule has 74 valence electrons. The Hall–Kier alpha value is -1.74. The number of hydrogen-bond donors (Lipinski definition) is 2. The number of phenolic OH excluding ortho intramolecular Hbond substituents is 1. The lowest BCUT2D eigenvalue weighted by Crippen LogP contribution is -1.84. The quantitative estimate of drug-likeness (QED) is 0.446. The molecule has 0 saturated heterocycles. The second kappa shape index (κ2) is 2.87. The van der Waals surface area contributed by atoms with Crippen molar-refractivity contribution in [3.8, 4) is 5.75 Å². The Labute approximate surface area is 90.6 Å². The third kappa shape index (κ3) is 1.10. The van der Waals surface area contributed by atoms with Crippen LogP contribution in [-0.2, 0) is 0 Å². The molecule has 1 aromatic heterocycles. The average molecular weight is 215 g/mol. The second-order valence-electron chi connectivity index (χ2n) is 3.47. The summed E-state index contributed by atoms with van der Waals surface area (Å²) in [6.07, 6.45) is 0. The van der Waals surface area contributed by atoms with Crippen LogP contribution >= 0.6 is 11.3 Å². The molecule has 3 rings (SSSR count). The minimum atomic E-state index is 0.199. The van der Waals surface area contributed by atoms with Crippen LogP contribution < -0.4 is 5.73 Å². The second-order valence-corrected chi connectivity index (χ2v) is 4.56. The third-order valence-corrected chi connectivity index (χ3v) is 3.68. The van der Waals surface area contributed by atoms with E-state index >= 15 is 0 Å². The van der Waals surface area contributed by atoms with Gasteiger partial charge in [0.2, 0.25) is 0 Å². The fourth-order valence-corrected chi connectivity index (χ4v) is 2.92. The van der Waals surface area contributed by atoms with Gasteiger partial charge in [0.25, 0.3) is 0 Å². The molecule has 0 saturated carbocycles. The SMILES string of the molecule is Nc1ccc2sc3ccccc3c2c1O. The summed E-state index contributed by atoms with van der Waals surface area (Å²) >= 11 is 1.67. The maximum atomic E-state index is 9.93. The van der Waals surface area contributed by atoms with Crippen molar-refractivity contribution >= 4 is 37.2 Å². The zero-order valence-electron chi connectivity index (χ0n) is 7.90. The average Bonchev–Trinajstić information content (AvgIpc) is 2.62. The summed E-state index contributed by atoms with van der Waals surface area (Å²) < 4.78 is 2.25. The Morgan fingerprint density at radius 2 is 1.80 bits per heavy atom. The van der Waals surface area contributed by atoms with Crippen molar-refractivity contribution < 1.29 is 5.11 Å². The summed E-state index contributed by atoms with van der Waals surface area (Å²) in [6, 6.07) is 11.7. The Kier molecular flexibility index (Phi) is 1.64. The molecule has 1 heterocycles. The van der Waals surface area contributed by atoms with Gasteiger partial charge in [0.1, 0.15) is 5.75 Å². The van der Waals surface area contributed by atoms with Gasteiger partial charge in [0.15, 0.2) is 0 Å². The van der Waals surface area contributed by atoms with E-state index in [0.717, 1.165) is 15.5 Å². The molecule has 2 nitrogen and oxygen atoms in total. The number of nitrogens with two attached hydrogens (primary N) is 1. The van der Waals surface area contributed by atoms with Crippen LogP contribution in [0.25, 0.3) is 20.2 Å². The highest BCUT2D eigenvalue weighted by Gasteiger charge is 2.10. The van der Waals surface area contributed by atoms with Crippen molar-refractivity contribution in [1.82, 2.24) is 0 Å². The van der Waals surface area contributed by atoms with Gasteiger partial charge in [0, 0.05) is 20.2 Å². The molecule has 0 radical (unpaired) electrons. The van der Waals surface area contributed by atoms with Crippen LogP contribution in [0.1, 0.15) is 0 Å². The predicted molar refractivity (Wildman–Crippen MR) is 65.4 cm³/mol. The number of nitrogen functional groups attached to an aromatic ring is 1. The topological polar surface area (TPSA) is 46.2 Å². The summed E-state index contributed by atoms with van der Waals surface area (Å²) in [5, 5.41) is 11.9. The van der Waals surface area contributed by atoms with Gasteiger partial charge in [-0.25, -0.2) is 0 Å². The highest BCUT2D eigenvalue weighted by atomic mass is 32.1. The van der Waals surface area contributed by atoms with Gasteiger partial charge in [-0.3, -0.25) is 0 Å². The third-order valence-electron chi connectivity index (χ3n) is 2.55. The van der Waals surface area contributed by atoms with Gasteiger partial charge in [0.05, 0.1) is 5.69 Å². The molecular weight excluding hydrogens is 206 g/mol. The van der Waals surface area contributed by atoms with E-state index in [4.69, 9.17) is 5.73 Å². The van der Waals surface area contributed by atoms with Crippen LogP contribution in [0.15, 0.2) is 36.4 Å². The van der Waals surface area contributed by atoms with Crippen molar-refractivity contribution in [2.45, 2.75) is 0 Å². The van der Waals surface area contributed by atoms with E-state index in [1.54, 1.807) is 17.4 Å². The minimum Gasteiger partial charge on any atom is -0.505 e. The zero-order chi connectivity index (χ0) is 10.4. The van der Waals surface area contributed by atoms with Gasteiger partial charge in [-0.1, -0.05) is 18.2 Å². The lowest BCUT2D eigenvalue weighted by Gasteiger charge is -1.99. The Balaban J connectivity index is 2.63. The van der Waals surface area contributed by atoms with Crippen LogP contribution in [0.3, 0.4) is 0 Å². The van der Waals surface area contributed by atoms with Gasteiger partial charge in [-0.15, -0.1) is 11.3 Å². The number of phenols is 1. The molecule has 3 heteroatoms. The molecule has 3 N–H and O–H groups in total. The molecular formula is C12H9NOS. The van der Waals surface area contributed by atoms with Gasteiger partial charge in [-0.05, 0) is 18.2 Å². The fourth-order valence-electron chi connectivity index (χ4n) is 1.81. The van der Waals surface area contributed by atoms with Gasteiger partial charge >= 0.3 is 0 Å². The molecule has 0 aliphatic rings. The first kappa shape index (κ1) is 8.56. The molecule has 0 aliphatic heterocycles. The van der Waals surface area contributed by atoms with Crippen molar-refractivity contribution in [2.75, 3.05) is 5.73 Å². The molecule has 0 aliphatic carbocycles. The summed E-state index contributed by atoms with van der Waals surface area (Å²) in [4.78, 5) is 0. The first-order chi connectivity index (χ1) is 7.27. The number of aromatic hydroxyl groups is 1. The Morgan fingerprint density at radius 1 is 1.00 bits per heavy atom. The molecule has 0 bridgehead atoms. The lowest BCUT2D eigenvalue weighted by molar-refractivity contribution is 0.484. The normalized spacial score (nSPS) is 11.2. The largest absolute Gasteiger partial charge is 0.505 e. The van der Waals surface area contributed by atoms with Crippen LogP contribution in [0.4, 0.5) is 5.69 Å². The van der Waals surface area contributed by atoms with E-state index in [1.165, 1.54) is 4.70 Å². The van der Waals surface area contributed by atoms with E-state index in [2.05, 4.69) is 6.07 Å². The zero-order valence-corrected chi connectivity index (χ0v) is 8.71. The number of fused-ring (bicyclic) bond motifs is 3. The number of hydrogen-bond acceptors (Lipinski definition) is 3. The van der Waals surface area contributed by atoms with Crippen molar-refractivity contribution in [2.24, 2.45) is 0 Å². The Morgan fingerprint density at radius 3 is 2.67 bits per heavy atom. The van der Waals surface area contributed by atoms with Gasteiger partial charge in [-0.2, -0.15) is 0 Å². The molecule has 0 atom stereocenters. The smallest absolute Gasteiger partial charge is 0.147 e. The van der Waals surface area contributed by atoms with Crippen LogP contribution in [0.5, 0.6) is 5.75 Å².